The summed E-state index contributed by atoms with van der Waals surface area (Å²) in [5, 5.41) is 4.46. The molecule has 0 bridgehead atoms. The predicted octanol–water partition coefficient (Wildman–Crippen LogP) is 2.84. The van der Waals surface area contributed by atoms with Crippen LogP contribution in [0.1, 0.15) is 30.8 Å². The molecule has 1 N–H and O–H groups in total. The third-order valence-corrected chi connectivity index (χ3v) is 4.83. The summed E-state index contributed by atoms with van der Waals surface area (Å²) in [5.41, 5.74) is -0.641. The van der Waals surface area contributed by atoms with Crippen molar-refractivity contribution in [3.05, 3.63) is 11.1 Å². The van der Waals surface area contributed by atoms with Gasteiger partial charge in [0.05, 0.1) is 12.0 Å². The van der Waals surface area contributed by atoms with Crippen molar-refractivity contribution in [1.29, 1.82) is 0 Å². The van der Waals surface area contributed by atoms with Crippen LogP contribution < -0.4 is 5.32 Å². The summed E-state index contributed by atoms with van der Waals surface area (Å²) in [7, 11) is 0. The summed E-state index contributed by atoms with van der Waals surface area (Å²) in [6.45, 7) is 3.67. The Labute approximate surface area is 124 Å². The molecule has 1 atom stereocenters. The van der Waals surface area contributed by atoms with Crippen molar-refractivity contribution in [2.45, 2.75) is 24.6 Å². The zero-order valence-corrected chi connectivity index (χ0v) is 12.7. The van der Waals surface area contributed by atoms with Gasteiger partial charge in [-0.1, -0.05) is 0 Å². The zero-order chi connectivity index (χ0) is 14.3. The topological polar surface area (TPSA) is 68.3 Å². The van der Waals surface area contributed by atoms with Gasteiger partial charge in [0, 0.05) is 5.38 Å². The Morgan fingerprint density at radius 2 is 2.21 bits per heavy atom. The van der Waals surface area contributed by atoms with E-state index in [0.29, 0.717) is 11.6 Å². The lowest BCUT2D eigenvalue weighted by Crippen LogP contribution is -2.25. The number of esters is 1. The molecule has 0 aromatic carbocycles. The third-order valence-electron chi connectivity index (χ3n) is 2.97. The van der Waals surface area contributed by atoms with Crippen LogP contribution in [0.15, 0.2) is 5.38 Å². The van der Waals surface area contributed by atoms with Gasteiger partial charge in [-0.15, -0.1) is 34.5 Å². The fraction of sp³-hybridized carbons (Fsp3) is 0.545. The van der Waals surface area contributed by atoms with Gasteiger partial charge in [-0.25, -0.2) is 9.78 Å². The minimum Gasteiger partial charge on any atom is -0.461 e. The predicted molar refractivity (Wildman–Crippen MR) is 73.9 cm³/mol. The maximum Gasteiger partial charge on any atom is 0.357 e. The number of aromatic nitrogens is 1. The van der Waals surface area contributed by atoms with Gasteiger partial charge in [-0.05, 0) is 20.3 Å². The largest absolute Gasteiger partial charge is 0.461 e. The van der Waals surface area contributed by atoms with E-state index in [-0.39, 0.29) is 18.2 Å². The lowest BCUT2D eigenvalue weighted by Gasteiger charge is -2.10. The van der Waals surface area contributed by atoms with Crippen LogP contribution in [-0.2, 0) is 9.53 Å². The van der Waals surface area contributed by atoms with Crippen molar-refractivity contribution in [2.75, 3.05) is 11.9 Å². The molecular formula is C11H12Cl2N2O3S. The average Bonchev–Trinajstić information content (AvgIpc) is 2.70. The molecule has 0 spiro atoms. The molecule has 1 aromatic rings. The lowest BCUT2D eigenvalue weighted by molar-refractivity contribution is -0.120. The van der Waals surface area contributed by atoms with Crippen LogP contribution in [-0.4, -0.2) is 27.8 Å². The zero-order valence-electron chi connectivity index (χ0n) is 10.3. The van der Waals surface area contributed by atoms with Gasteiger partial charge in [0.25, 0.3) is 0 Å². The third kappa shape index (κ3) is 2.70. The minimum atomic E-state index is -1.03. The molecule has 5 nitrogen and oxygen atoms in total. The Morgan fingerprint density at radius 1 is 1.58 bits per heavy atom. The average molecular weight is 323 g/mol. The molecule has 2 rings (SSSR count). The first-order valence-corrected chi connectivity index (χ1v) is 7.25. The molecule has 1 aliphatic rings. The lowest BCUT2D eigenvalue weighted by atomic mass is 10.1. The van der Waals surface area contributed by atoms with Gasteiger partial charge in [-0.3, -0.25) is 4.79 Å². The molecule has 1 fully saturated rings. The first kappa shape index (κ1) is 14.6. The molecule has 1 saturated carbocycles. The second-order valence-electron chi connectivity index (χ2n) is 4.43. The summed E-state index contributed by atoms with van der Waals surface area (Å²) >= 11 is 13.0. The summed E-state index contributed by atoms with van der Waals surface area (Å²) in [4.78, 5) is 27.4. The maximum atomic E-state index is 12.0. The van der Waals surface area contributed by atoms with Crippen LogP contribution in [0.5, 0.6) is 0 Å². The van der Waals surface area contributed by atoms with Crippen LogP contribution in [0, 0.1) is 5.41 Å². The van der Waals surface area contributed by atoms with Gasteiger partial charge in [-0.2, -0.15) is 0 Å². The highest BCUT2D eigenvalue weighted by molar-refractivity contribution is 7.14. The molecule has 19 heavy (non-hydrogen) atoms. The summed E-state index contributed by atoms with van der Waals surface area (Å²) in [5.74, 6) is -0.817. The first-order valence-electron chi connectivity index (χ1n) is 5.62. The summed E-state index contributed by atoms with van der Waals surface area (Å²) < 4.78 is 3.78. The number of hydrogen-bond donors (Lipinski definition) is 1. The van der Waals surface area contributed by atoms with E-state index in [1.807, 2.05) is 0 Å². The second-order valence-corrected chi connectivity index (χ2v) is 6.77. The Balaban J connectivity index is 2.01. The van der Waals surface area contributed by atoms with Crippen molar-refractivity contribution in [3.63, 3.8) is 0 Å². The van der Waals surface area contributed by atoms with Crippen LogP contribution in [0.25, 0.3) is 0 Å². The number of carbonyl (C=O) groups is 2. The van der Waals surface area contributed by atoms with Crippen molar-refractivity contribution in [1.82, 2.24) is 4.98 Å². The normalized spacial score (nSPS) is 23.8. The molecule has 0 radical (unpaired) electrons. The van der Waals surface area contributed by atoms with Crippen LogP contribution in [0.3, 0.4) is 0 Å². The number of anilines is 1. The molecule has 8 heteroatoms. The highest BCUT2D eigenvalue weighted by Gasteiger charge is 2.68. The second kappa shape index (κ2) is 4.92. The monoisotopic (exact) mass is 322 g/mol. The number of nitrogens with zero attached hydrogens (tertiary/aromatic N) is 1. The first-order chi connectivity index (χ1) is 8.80. The molecule has 1 amide bonds. The van der Waals surface area contributed by atoms with Crippen LogP contribution >= 0.6 is 34.5 Å². The number of nitrogens with one attached hydrogen (secondary N) is 1. The highest BCUT2D eigenvalue weighted by Crippen LogP contribution is 2.64. The number of carbonyl (C=O) groups excluding carboxylic acids is 2. The Bertz CT molecular complexity index is 532. The van der Waals surface area contributed by atoms with Crippen molar-refractivity contribution >= 4 is 51.5 Å². The number of halogens is 2. The minimum absolute atomic E-state index is 0.172. The molecule has 1 heterocycles. The van der Waals surface area contributed by atoms with Gasteiger partial charge in [0.1, 0.15) is 4.33 Å². The van der Waals surface area contributed by atoms with Crippen molar-refractivity contribution in [2.24, 2.45) is 5.41 Å². The van der Waals surface area contributed by atoms with Gasteiger partial charge < -0.3 is 10.1 Å². The number of thiazole rings is 1. The van der Waals surface area contributed by atoms with Crippen molar-refractivity contribution in [3.8, 4) is 0 Å². The molecule has 0 aliphatic heterocycles. The van der Waals surface area contributed by atoms with Gasteiger partial charge >= 0.3 is 5.97 Å². The molecule has 104 valence electrons. The summed E-state index contributed by atoms with van der Waals surface area (Å²) in [6.07, 6.45) is 0.394. The van der Waals surface area contributed by atoms with E-state index < -0.39 is 15.7 Å². The maximum absolute atomic E-state index is 12.0. The van der Waals surface area contributed by atoms with E-state index in [9.17, 15) is 9.59 Å². The number of rotatable bonds is 4. The van der Waals surface area contributed by atoms with Crippen LogP contribution in [0.2, 0.25) is 0 Å². The smallest absolute Gasteiger partial charge is 0.357 e. The Hall–Kier alpha value is -0.850. The molecular weight excluding hydrogens is 311 g/mol. The van der Waals surface area contributed by atoms with E-state index in [1.165, 1.54) is 5.38 Å². The fourth-order valence-corrected chi connectivity index (χ4v) is 2.89. The highest BCUT2D eigenvalue weighted by atomic mass is 35.5. The van der Waals surface area contributed by atoms with E-state index in [1.54, 1.807) is 13.8 Å². The van der Waals surface area contributed by atoms with E-state index in [0.717, 1.165) is 11.3 Å². The van der Waals surface area contributed by atoms with E-state index in [2.05, 4.69) is 10.3 Å². The number of alkyl halides is 2. The SMILES string of the molecule is CCOC(=O)c1csc(NC(=O)[C@]2(C)CC2(Cl)Cl)n1. The number of hydrogen-bond acceptors (Lipinski definition) is 5. The quantitative estimate of drug-likeness (QED) is 0.683. The Kier molecular flexibility index (Phi) is 3.77. The number of ether oxygens (including phenoxy) is 1. The number of amides is 1. The Morgan fingerprint density at radius 3 is 2.74 bits per heavy atom. The molecule has 1 aliphatic carbocycles. The van der Waals surface area contributed by atoms with E-state index >= 15 is 0 Å². The molecule has 1 aromatic heterocycles. The molecule has 0 saturated heterocycles. The van der Waals surface area contributed by atoms with E-state index in [4.69, 9.17) is 27.9 Å². The molecule has 0 unspecified atom stereocenters. The van der Waals surface area contributed by atoms with Gasteiger partial charge in [0.15, 0.2) is 10.8 Å². The standard InChI is InChI=1S/C11H12Cl2N2O3S/c1-3-18-7(16)6-4-19-9(14-6)15-8(17)10(2)5-11(10,12)13/h4H,3,5H2,1-2H3,(H,14,15,17)/t10-/m0/s1. The van der Waals surface area contributed by atoms with Crippen LogP contribution in [0.4, 0.5) is 5.13 Å². The van der Waals surface area contributed by atoms with Crippen molar-refractivity contribution < 1.29 is 14.3 Å². The fourth-order valence-electron chi connectivity index (χ4n) is 1.51. The van der Waals surface area contributed by atoms with Gasteiger partial charge in [0.2, 0.25) is 5.91 Å². The summed E-state index contributed by atoms with van der Waals surface area (Å²) in [6, 6.07) is 0.